The van der Waals surface area contributed by atoms with Crippen molar-refractivity contribution >= 4 is 11.9 Å². The number of allylic oxidation sites excluding steroid dienone is 1. The van der Waals surface area contributed by atoms with Gasteiger partial charge in [-0.05, 0) is 49.7 Å². The highest BCUT2D eigenvalue weighted by atomic mass is 16.5. The molecule has 0 saturated carbocycles. The van der Waals surface area contributed by atoms with E-state index >= 15 is 0 Å². The van der Waals surface area contributed by atoms with E-state index in [1.807, 2.05) is 30.3 Å². The molecule has 0 bridgehead atoms. The van der Waals surface area contributed by atoms with Crippen LogP contribution in [0.5, 0.6) is 5.75 Å². The number of rotatable bonds is 6. The summed E-state index contributed by atoms with van der Waals surface area (Å²) in [7, 11) is 1.65. The number of ketones is 1. The molecule has 1 aliphatic rings. The van der Waals surface area contributed by atoms with Crippen LogP contribution in [0.15, 0.2) is 30.3 Å². The Morgan fingerprint density at radius 1 is 1.20 bits per heavy atom. The molecule has 20 heavy (non-hydrogen) atoms. The first-order valence-electron chi connectivity index (χ1n) is 7.35. The summed E-state index contributed by atoms with van der Waals surface area (Å²) in [5.74, 6) is 1.03. The lowest BCUT2D eigenvalue weighted by Crippen LogP contribution is -2.31. The Morgan fingerprint density at radius 3 is 2.55 bits per heavy atom. The van der Waals surface area contributed by atoms with E-state index in [9.17, 15) is 4.79 Å². The van der Waals surface area contributed by atoms with Gasteiger partial charge >= 0.3 is 0 Å². The highest BCUT2D eigenvalue weighted by Gasteiger charge is 2.10. The summed E-state index contributed by atoms with van der Waals surface area (Å²) in [6, 6.07) is 7.70. The number of benzene rings is 1. The first kappa shape index (κ1) is 14.8. The van der Waals surface area contributed by atoms with Gasteiger partial charge in [-0.3, -0.25) is 4.79 Å². The van der Waals surface area contributed by atoms with Gasteiger partial charge in [0.2, 0.25) is 0 Å². The molecule has 0 spiro atoms. The van der Waals surface area contributed by atoms with Gasteiger partial charge in [0.15, 0.2) is 5.78 Å². The largest absolute Gasteiger partial charge is 0.497 e. The van der Waals surface area contributed by atoms with E-state index in [2.05, 4.69) is 4.90 Å². The van der Waals surface area contributed by atoms with Crippen LogP contribution < -0.4 is 4.74 Å². The van der Waals surface area contributed by atoms with Crippen LogP contribution in [0.25, 0.3) is 6.08 Å². The van der Waals surface area contributed by atoms with Crippen molar-refractivity contribution in [3.63, 3.8) is 0 Å². The summed E-state index contributed by atoms with van der Waals surface area (Å²) >= 11 is 0. The van der Waals surface area contributed by atoms with Gasteiger partial charge in [-0.1, -0.05) is 24.6 Å². The van der Waals surface area contributed by atoms with Crippen molar-refractivity contribution in [1.82, 2.24) is 4.90 Å². The van der Waals surface area contributed by atoms with E-state index in [0.717, 1.165) is 30.9 Å². The lowest BCUT2D eigenvalue weighted by atomic mass is 10.1. The minimum Gasteiger partial charge on any atom is -0.497 e. The third-order valence-corrected chi connectivity index (χ3v) is 3.70. The molecular weight excluding hydrogens is 250 g/mol. The minimum absolute atomic E-state index is 0.200. The van der Waals surface area contributed by atoms with Crippen molar-refractivity contribution in [2.45, 2.75) is 25.7 Å². The second-order valence-electron chi connectivity index (χ2n) is 5.23. The highest BCUT2D eigenvalue weighted by molar-refractivity contribution is 5.93. The topological polar surface area (TPSA) is 29.5 Å². The van der Waals surface area contributed by atoms with Crippen LogP contribution in [-0.2, 0) is 4.79 Å². The summed E-state index contributed by atoms with van der Waals surface area (Å²) in [5.41, 5.74) is 1.03. The Labute approximate surface area is 121 Å². The van der Waals surface area contributed by atoms with Crippen molar-refractivity contribution < 1.29 is 9.53 Å². The van der Waals surface area contributed by atoms with E-state index in [0.29, 0.717) is 6.42 Å². The Morgan fingerprint density at radius 2 is 1.90 bits per heavy atom. The zero-order chi connectivity index (χ0) is 14.2. The predicted molar refractivity (Wildman–Crippen MR) is 81.9 cm³/mol. The number of piperidine rings is 1. The summed E-state index contributed by atoms with van der Waals surface area (Å²) in [6.07, 6.45) is 8.06. The SMILES string of the molecule is COc1ccc(/C=C/C(=O)CCN2CCCCC2)cc1. The summed E-state index contributed by atoms with van der Waals surface area (Å²) < 4.78 is 5.10. The molecule has 0 unspecified atom stereocenters. The third kappa shape index (κ3) is 4.82. The zero-order valence-electron chi connectivity index (χ0n) is 12.2. The fourth-order valence-electron chi connectivity index (χ4n) is 2.44. The molecule has 1 aromatic rings. The van der Waals surface area contributed by atoms with E-state index in [4.69, 9.17) is 4.74 Å². The first-order valence-corrected chi connectivity index (χ1v) is 7.35. The fraction of sp³-hybridized carbons (Fsp3) is 0.471. The molecule has 0 radical (unpaired) electrons. The Hall–Kier alpha value is -1.61. The van der Waals surface area contributed by atoms with Crippen LogP contribution in [0, 0.1) is 0 Å². The number of carbonyl (C=O) groups excluding carboxylic acids is 1. The van der Waals surface area contributed by atoms with E-state index in [1.54, 1.807) is 13.2 Å². The molecular formula is C17H23NO2. The van der Waals surface area contributed by atoms with Crippen molar-refractivity contribution in [3.05, 3.63) is 35.9 Å². The Balaban J connectivity index is 1.76. The maximum atomic E-state index is 11.8. The maximum Gasteiger partial charge on any atom is 0.156 e. The fourth-order valence-corrected chi connectivity index (χ4v) is 2.44. The normalized spacial score (nSPS) is 16.4. The number of ether oxygens (including phenoxy) is 1. The van der Waals surface area contributed by atoms with Crippen LogP contribution in [0.4, 0.5) is 0 Å². The molecule has 0 N–H and O–H groups in total. The third-order valence-electron chi connectivity index (χ3n) is 3.70. The quantitative estimate of drug-likeness (QED) is 0.746. The molecule has 1 aliphatic heterocycles. The van der Waals surface area contributed by atoms with Crippen LogP contribution in [0.1, 0.15) is 31.2 Å². The molecule has 0 aromatic heterocycles. The number of hydrogen-bond donors (Lipinski definition) is 0. The number of carbonyl (C=O) groups is 1. The number of methoxy groups -OCH3 is 1. The second-order valence-corrected chi connectivity index (χ2v) is 5.23. The minimum atomic E-state index is 0.200. The van der Waals surface area contributed by atoms with E-state index in [-0.39, 0.29) is 5.78 Å². The van der Waals surface area contributed by atoms with Gasteiger partial charge in [-0.25, -0.2) is 0 Å². The first-order chi connectivity index (χ1) is 9.78. The molecule has 2 rings (SSSR count). The lowest BCUT2D eigenvalue weighted by molar-refractivity contribution is -0.114. The molecule has 1 saturated heterocycles. The van der Waals surface area contributed by atoms with Crippen molar-refractivity contribution in [2.75, 3.05) is 26.7 Å². The van der Waals surface area contributed by atoms with Gasteiger partial charge in [-0.2, -0.15) is 0 Å². The molecule has 1 fully saturated rings. The van der Waals surface area contributed by atoms with Gasteiger partial charge < -0.3 is 9.64 Å². The molecule has 0 aliphatic carbocycles. The molecule has 0 amide bonds. The van der Waals surface area contributed by atoms with Crippen molar-refractivity contribution in [1.29, 1.82) is 0 Å². The maximum absolute atomic E-state index is 11.8. The lowest BCUT2D eigenvalue weighted by Gasteiger charge is -2.25. The Kier molecular flexibility index (Phi) is 5.81. The second kappa shape index (κ2) is 7.85. The van der Waals surface area contributed by atoms with Gasteiger partial charge in [0.1, 0.15) is 5.75 Å². The zero-order valence-corrected chi connectivity index (χ0v) is 12.2. The van der Waals surface area contributed by atoms with E-state index < -0.39 is 0 Å². The monoisotopic (exact) mass is 273 g/mol. The van der Waals surface area contributed by atoms with E-state index in [1.165, 1.54) is 19.3 Å². The number of nitrogens with zero attached hydrogens (tertiary/aromatic N) is 1. The molecule has 1 heterocycles. The molecule has 0 atom stereocenters. The smallest absolute Gasteiger partial charge is 0.156 e. The predicted octanol–water partition coefficient (Wildman–Crippen LogP) is 3.15. The number of likely N-dealkylation sites (tertiary alicyclic amines) is 1. The van der Waals surface area contributed by atoms with Crippen LogP contribution in [0.3, 0.4) is 0 Å². The van der Waals surface area contributed by atoms with Crippen molar-refractivity contribution in [3.8, 4) is 5.75 Å². The van der Waals surface area contributed by atoms with Crippen LogP contribution in [0.2, 0.25) is 0 Å². The van der Waals surface area contributed by atoms with Gasteiger partial charge in [-0.15, -0.1) is 0 Å². The highest BCUT2D eigenvalue weighted by Crippen LogP contribution is 2.13. The number of hydrogen-bond acceptors (Lipinski definition) is 3. The summed E-state index contributed by atoms with van der Waals surface area (Å²) in [5, 5.41) is 0. The van der Waals surface area contributed by atoms with Gasteiger partial charge in [0.05, 0.1) is 7.11 Å². The molecule has 3 nitrogen and oxygen atoms in total. The average Bonchev–Trinajstić information content (AvgIpc) is 2.52. The van der Waals surface area contributed by atoms with Crippen LogP contribution >= 0.6 is 0 Å². The van der Waals surface area contributed by atoms with Gasteiger partial charge in [0, 0.05) is 13.0 Å². The summed E-state index contributed by atoms with van der Waals surface area (Å²) in [4.78, 5) is 14.2. The molecule has 1 aromatic carbocycles. The van der Waals surface area contributed by atoms with Crippen molar-refractivity contribution in [2.24, 2.45) is 0 Å². The Bertz CT molecular complexity index is 445. The van der Waals surface area contributed by atoms with Gasteiger partial charge in [0.25, 0.3) is 0 Å². The standard InChI is InChI=1S/C17H23NO2/c1-20-17-9-6-15(7-10-17)5-8-16(19)11-14-18-12-3-2-4-13-18/h5-10H,2-4,11-14H2,1H3/b8-5+. The van der Waals surface area contributed by atoms with Crippen LogP contribution in [-0.4, -0.2) is 37.4 Å². The summed E-state index contributed by atoms with van der Waals surface area (Å²) in [6.45, 7) is 3.19. The molecule has 3 heteroatoms. The average molecular weight is 273 g/mol. The molecule has 108 valence electrons.